The minimum atomic E-state index is -0.182. The number of pyridine rings is 1. The molecule has 19 heavy (non-hydrogen) atoms. The molecule has 1 saturated heterocycles. The van der Waals surface area contributed by atoms with E-state index in [1.54, 1.807) is 12.3 Å². The predicted molar refractivity (Wildman–Crippen MR) is 79.3 cm³/mol. The highest BCUT2D eigenvalue weighted by atomic mass is 79.9. The Morgan fingerprint density at radius 1 is 1.21 bits per heavy atom. The van der Waals surface area contributed by atoms with E-state index in [4.69, 9.17) is 0 Å². The van der Waals surface area contributed by atoms with Gasteiger partial charge in [0.2, 0.25) is 11.8 Å². The molecule has 0 aliphatic carbocycles. The summed E-state index contributed by atoms with van der Waals surface area (Å²) in [7, 11) is 0. The van der Waals surface area contributed by atoms with Crippen LogP contribution in [0.1, 0.15) is 0 Å². The number of hydrogen-bond acceptors (Lipinski definition) is 4. The second-order valence-electron chi connectivity index (χ2n) is 4.12. The fourth-order valence-corrected chi connectivity index (χ4v) is 3.12. The van der Waals surface area contributed by atoms with Gasteiger partial charge in [-0.2, -0.15) is 0 Å². The number of benzene rings is 1. The smallest absolute Gasteiger partial charge is 0.243 e. The first-order valence-corrected chi connectivity index (χ1v) is 7.59. The van der Waals surface area contributed by atoms with Gasteiger partial charge in [0.25, 0.3) is 0 Å². The Bertz CT molecular complexity index is 673. The molecule has 1 aromatic carbocycles. The van der Waals surface area contributed by atoms with E-state index in [1.807, 2.05) is 18.2 Å². The third-order valence-corrected chi connectivity index (χ3v) is 4.18. The Morgan fingerprint density at radius 2 is 1.95 bits per heavy atom. The zero-order valence-electron chi connectivity index (χ0n) is 9.80. The Hall–Kier alpha value is -1.40. The first-order valence-electron chi connectivity index (χ1n) is 5.64. The average Bonchev–Trinajstić information content (AvgIpc) is 2.38. The van der Waals surface area contributed by atoms with Crippen molar-refractivity contribution in [1.29, 1.82) is 0 Å². The van der Waals surface area contributed by atoms with Crippen molar-refractivity contribution in [2.45, 2.75) is 0 Å². The maximum absolute atomic E-state index is 12.0. The fourth-order valence-electron chi connectivity index (χ4n) is 2.06. The number of carbonyl (C=O) groups is 2. The number of amides is 2. The van der Waals surface area contributed by atoms with Gasteiger partial charge in [-0.25, -0.2) is 4.90 Å². The summed E-state index contributed by atoms with van der Waals surface area (Å²) in [6, 6.07) is 7.41. The van der Waals surface area contributed by atoms with Crippen molar-refractivity contribution in [3.63, 3.8) is 0 Å². The summed E-state index contributed by atoms with van der Waals surface area (Å²) in [5.41, 5.74) is 1.24. The lowest BCUT2D eigenvalue weighted by Gasteiger charge is -2.25. The number of fused-ring (bicyclic) bond motifs is 1. The van der Waals surface area contributed by atoms with Gasteiger partial charge in [-0.3, -0.25) is 14.6 Å². The van der Waals surface area contributed by atoms with Crippen LogP contribution < -0.4 is 4.90 Å². The molecule has 2 amide bonds. The van der Waals surface area contributed by atoms with Gasteiger partial charge in [0.05, 0.1) is 22.7 Å². The lowest BCUT2D eigenvalue weighted by molar-refractivity contribution is -0.124. The van der Waals surface area contributed by atoms with Gasteiger partial charge in [0.15, 0.2) is 0 Å². The first-order chi connectivity index (χ1) is 9.16. The Labute approximate surface area is 122 Å². The van der Waals surface area contributed by atoms with E-state index in [1.165, 1.54) is 16.7 Å². The van der Waals surface area contributed by atoms with E-state index in [9.17, 15) is 9.59 Å². The van der Waals surface area contributed by atoms with Crippen molar-refractivity contribution in [1.82, 2.24) is 4.98 Å². The van der Waals surface area contributed by atoms with Crippen molar-refractivity contribution < 1.29 is 9.59 Å². The number of thioether (sulfide) groups is 1. The number of aromatic nitrogens is 1. The van der Waals surface area contributed by atoms with Crippen LogP contribution in [0.25, 0.3) is 10.9 Å². The van der Waals surface area contributed by atoms with E-state index in [-0.39, 0.29) is 11.8 Å². The topological polar surface area (TPSA) is 50.3 Å². The normalized spacial score (nSPS) is 16.2. The second kappa shape index (κ2) is 4.94. The lowest BCUT2D eigenvalue weighted by Crippen LogP contribution is -2.43. The lowest BCUT2D eigenvalue weighted by atomic mass is 10.1. The van der Waals surface area contributed by atoms with E-state index < -0.39 is 0 Å². The van der Waals surface area contributed by atoms with Gasteiger partial charge in [0.1, 0.15) is 0 Å². The van der Waals surface area contributed by atoms with Crippen molar-refractivity contribution in [3.8, 4) is 0 Å². The monoisotopic (exact) mass is 336 g/mol. The zero-order valence-corrected chi connectivity index (χ0v) is 12.2. The molecule has 0 atom stereocenters. The number of hydrogen-bond donors (Lipinski definition) is 0. The molecule has 1 aliphatic heterocycles. The molecule has 0 unspecified atom stereocenters. The molecule has 1 aromatic heterocycles. The van der Waals surface area contributed by atoms with E-state index in [0.717, 1.165) is 9.86 Å². The molecule has 0 saturated carbocycles. The molecule has 2 aromatic rings. The molecule has 6 heteroatoms. The van der Waals surface area contributed by atoms with E-state index in [0.29, 0.717) is 22.7 Å². The molecule has 0 bridgehead atoms. The number of para-hydroxylation sites is 1. The summed E-state index contributed by atoms with van der Waals surface area (Å²) in [5.74, 6) is 0.300. The number of nitrogens with zero attached hydrogens (tertiary/aromatic N) is 2. The minimum absolute atomic E-state index is 0.182. The minimum Gasteiger partial charge on any atom is -0.273 e. The number of rotatable bonds is 1. The van der Waals surface area contributed by atoms with Gasteiger partial charge < -0.3 is 0 Å². The fraction of sp³-hybridized carbons (Fsp3) is 0.154. The molecule has 1 aliphatic rings. The zero-order chi connectivity index (χ0) is 13.4. The average molecular weight is 337 g/mol. The van der Waals surface area contributed by atoms with Gasteiger partial charge in [0, 0.05) is 16.1 Å². The van der Waals surface area contributed by atoms with Crippen LogP contribution in [0.3, 0.4) is 0 Å². The maximum atomic E-state index is 12.0. The van der Waals surface area contributed by atoms with Gasteiger partial charge in [-0.05, 0) is 28.1 Å². The summed E-state index contributed by atoms with van der Waals surface area (Å²) >= 11 is 4.71. The Balaban J connectivity index is 2.19. The molecule has 2 heterocycles. The third kappa shape index (κ3) is 2.26. The van der Waals surface area contributed by atoms with E-state index >= 15 is 0 Å². The highest BCUT2D eigenvalue weighted by Gasteiger charge is 2.29. The summed E-state index contributed by atoms with van der Waals surface area (Å²) < 4.78 is 0.865. The van der Waals surface area contributed by atoms with Crippen LogP contribution >= 0.6 is 27.7 Å². The van der Waals surface area contributed by atoms with Crippen LogP contribution in [0.4, 0.5) is 5.69 Å². The molecule has 96 valence electrons. The van der Waals surface area contributed by atoms with Gasteiger partial charge in [-0.1, -0.05) is 12.1 Å². The second-order valence-corrected chi connectivity index (χ2v) is 6.02. The first kappa shape index (κ1) is 12.6. The number of carbonyl (C=O) groups excluding carboxylic acids is 2. The number of halogens is 1. The summed E-state index contributed by atoms with van der Waals surface area (Å²) in [6.07, 6.45) is 1.67. The van der Waals surface area contributed by atoms with Crippen molar-refractivity contribution in [2.75, 3.05) is 16.4 Å². The predicted octanol–water partition coefficient (Wildman–Crippen LogP) is 2.60. The van der Waals surface area contributed by atoms with Gasteiger partial charge >= 0.3 is 0 Å². The standard InChI is InChI=1S/C13H9BrN2O2S/c14-9-4-8-2-1-3-10(13(8)15-5-9)16-11(17)6-19-7-12(16)18/h1-5H,6-7H2. The van der Waals surface area contributed by atoms with Crippen LogP contribution in [0.5, 0.6) is 0 Å². The molecule has 0 radical (unpaired) electrons. The Morgan fingerprint density at radius 3 is 2.68 bits per heavy atom. The molecule has 3 rings (SSSR count). The molecular weight excluding hydrogens is 328 g/mol. The highest BCUT2D eigenvalue weighted by molar-refractivity contribution is 9.10. The highest BCUT2D eigenvalue weighted by Crippen LogP contribution is 2.29. The number of anilines is 1. The van der Waals surface area contributed by atoms with Crippen molar-refractivity contribution >= 4 is 56.1 Å². The third-order valence-electron chi connectivity index (χ3n) is 2.85. The summed E-state index contributed by atoms with van der Waals surface area (Å²) in [4.78, 5) is 29.5. The molecule has 1 fully saturated rings. The van der Waals surface area contributed by atoms with Crippen LogP contribution in [0.2, 0.25) is 0 Å². The van der Waals surface area contributed by atoms with Crippen molar-refractivity contribution in [3.05, 3.63) is 34.9 Å². The molecule has 0 spiro atoms. The van der Waals surface area contributed by atoms with Crippen LogP contribution in [-0.4, -0.2) is 28.3 Å². The maximum Gasteiger partial charge on any atom is 0.243 e. The van der Waals surface area contributed by atoms with Crippen molar-refractivity contribution in [2.24, 2.45) is 0 Å². The summed E-state index contributed by atoms with van der Waals surface area (Å²) in [6.45, 7) is 0. The Kier molecular flexibility index (Phi) is 3.28. The number of imide groups is 1. The van der Waals surface area contributed by atoms with E-state index in [2.05, 4.69) is 20.9 Å². The molecular formula is C13H9BrN2O2S. The van der Waals surface area contributed by atoms with Crippen LogP contribution in [0, 0.1) is 0 Å². The molecule has 4 nitrogen and oxygen atoms in total. The quantitative estimate of drug-likeness (QED) is 0.751. The SMILES string of the molecule is O=C1CSCC(=O)N1c1cccc2cc(Br)cnc12. The largest absolute Gasteiger partial charge is 0.273 e. The van der Waals surface area contributed by atoms with Crippen LogP contribution in [0.15, 0.2) is 34.9 Å². The van der Waals surface area contributed by atoms with Gasteiger partial charge in [-0.15, -0.1) is 11.8 Å². The van der Waals surface area contributed by atoms with Crippen LogP contribution in [-0.2, 0) is 9.59 Å². The summed E-state index contributed by atoms with van der Waals surface area (Å²) in [5, 5.41) is 0.894. The molecule has 0 N–H and O–H groups in total.